The summed E-state index contributed by atoms with van der Waals surface area (Å²) in [5.74, 6) is -0.0576. The van der Waals surface area contributed by atoms with Gasteiger partial charge in [0.15, 0.2) is 5.82 Å². The van der Waals surface area contributed by atoms with E-state index in [-0.39, 0.29) is 11.4 Å². The van der Waals surface area contributed by atoms with Crippen LogP contribution >= 0.6 is 11.6 Å². The van der Waals surface area contributed by atoms with E-state index < -0.39 is 0 Å². The van der Waals surface area contributed by atoms with Crippen LogP contribution in [0, 0.1) is 5.82 Å². The van der Waals surface area contributed by atoms with Gasteiger partial charge in [-0.1, -0.05) is 23.7 Å². The summed E-state index contributed by atoms with van der Waals surface area (Å²) in [6.45, 7) is 0. The lowest BCUT2D eigenvalue weighted by Crippen LogP contribution is -2.20. The molecule has 0 bridgehead atoms. The van der Waals surface area contributed by atoms with Crippen LogP contribution in [0.15, 0.2) is 76.9 Å². The lowest BCUT2D eigenvalue weighted by Gasteiger charge is -2.09. The number of pyridine rings is 1. The predicted octanol–water partition coefficient (Wildman–Crippen LogP) is 4.13. The van der Waals surface area contributed by atoms with Crippen LogP contribution in [-0.2, 0) is 0 Å². The molecule has 0 saturated heterocycles. The van der Waals surface area contributed by atoms with Crippen molar-refractivity contribution in [1.29, 1.82) is 0 Å². The Morgan fingerprint density at radius 2 is 2.00 bits per heavy atom. The smallest absolute Gasteiger partial charge is 0.267 e. The maximum Gasteiger partial charge on any atom is 0.282 e. The highest BCUT2D eigenvalue weighted by Gasteiger charge is 2.13. The molecule has 27 heavy (non-hydrogen) atoms. The second kappa shape index (κ2) is 7.09. The van der Waals surface area contributed by atoms with Gasteiger partial charge in [0.05, 0.1) is 17.1 Å². The quantitative estimate of drug-likeness (QED) is 0.503. The van der Waals surface area contributed by atoms with E-state index in [4.69, 9.17) is 11.6 Å². The summed E-state index contributed by atoms with van der Waals surface area (Å²) in [5, 5.41) is 5.02. The van der Waals surface area contributed by atoms with Crippen LogP contribution in [0.25, 0.3) is 22.3 Å². The van der Waals surface area contributed by atoms with Crippen molar-refractivity contribution in [2.24, 2.45) is 5.10 Å². The van der Waals surface area contributed by atoms with Crippen LogP contribution in [-0.4, -0.2) is 20.9 Å². The molecule has 2 aromatic carbocycles. The molecule has 132 valence electrons. The van der Waals surface area contributed by atoms with Crippen LogP contribution in [0.5, 0.6) is 0 Å². The van der Waals surface area contributed by atoms with Gasteiger partial charge in [-0.15, -0.1) is 0 Å². The molecule has 0 radical (unpaired) electrons. The van der Waals surface area contributed by atoms with Crippen LogP contribution in [0.3, 0.4) is 0 Å². The molecule has 0 unspecified atom stereocenters. The molecule has 4 aromatic rings. The zero-order valence-electron chi connectivity index (χ0n) is 13.9. The van der Waals surface area contributed by atoms with Crippen molar-refractivity contribution in [2.45, 2.75) is 0 Å². The Bertz CT molecular complexity index is 1220. The molecular weight excluding hydrogens is 367 g/mol. The minimum absolute atomic E-state index is 0.329. The third-order valence-electron chi connectivity index (χ3n) is 3.90. The number of hydrogen-bond donors (Lipinski definition) is 0. The number of rotatable bonds is 3. The van der Waals surface area contributed by atoms with Crippen molar-refractivity contribution in [3.05, 3.63) is 93.7 Å². The molecule has 0 amide bonds. The minimum Gasteiger partial charge on any atom is -0.267 e. The van der Waals surface area contributed by atoms with Gasteiger partial charge < -0.3 is 0 Å². The normalized spacial score (nSPS) is 11.3. The van der Waals surface area contributed by atoms with E-state index in [1.807, 2.05) is 0 Å². The zero-order chi connectivity index (χ0) is 18.8. The summed E-state index contributed by atoms with van der Waals surface area (Å²) in [4.78, 5) is 21.7. The van der Waals surface area contributed by atoms with Crippen LogP contribution in [0.2, 0.25) is 5.02 Å². The van der Waals surface area contributed by atoms with Crippen molar-refractivity contribution in [3.8, 4) is 11.4 Å². The largest absolute Gasteiger partial charge is 0.282 e. The monoisotopic (exact) mass is 378 g/mol. The van der Waals surface area contributed by atoms with Gasteiger partial charge in [-0.25, -0.2) is 9.37 Å². The highest BCUT2D eigenvalue weighted by molar-refractivity contribution is 6.31. The van der Waals surface area contributed by atoms with Crippen molar-refractivity contribution in [3.63, 3.8) is 0 Å². The van der Waals surface area contributed by atoms with Gasteiger partial charge in [-0.05, 0) is 48.0 Å². The first-order valence-electron chi connectivity index (χ1n) is 8.04. The summed E-state index contributed by atoms with van der Waals surface area (Å²) in [6.07, 6.45) is 4.63. The SMILES string of the molecule is O=c1c2cc(Cl)ccc2nc(-c2cccnc2)n1N=Cc1cccc(F)c1. The van der Waals surface area contributed by atoms with E-state index >= 15 is 0 Å². The number of fused-ring (bicyclic) bond motifs is 1. The first-order valence-corrected chi connectivity index (χ1v) is 8.42. The topological polar surface area (TPSA) is 60.1 Å². The molecule has 5 nitrogen and oxygen atoms in total. The van der Waals surface area contributed by atoms with Gasteiger partial charge in [-0.2, -0.15) is 9.78 Å². The lowest BCUT2D eigenvalue weighted by atomic mass is 10.2. The van der Waals surface area contributed by atoms with Gasteiger partial charge in [0.1, 0.15) is 5.82 Å². The molecule has 0 aliphatic carbocycles. The summed E-state index contributed by atoms with van der Waals surface area (Å²) in [6, 6.07) is 14.3. The van der Waals surface area contributed by atoms with Gasteiger partial charge in [0.2, 0.25) is 0 Å². The van der Waals surface area contributed by atoms with E-state index in [2.05, 4.69) is 15.1 Å². The minimum atomic E-state index is -0.387. The maximum absolute atomic E-state index is 13.4. The van der Waals surface area contributed by atoms with Crippen molar-refractivity contribution < 1.29 is 4.39 Å². The van der Waals surface area contributed by atoms with Gasteiger partial charge >= 0.3 is 0 Å². The van der Waals surface area contributed by atoms with Crippen LogP contribution in [0.1, 0.15) is 5.56 Å². The van der Waals surface area contributed by atoms with Crippen LogP contribution < -0.4 is 5.56 Å². The zero-order valence-corrected chi connectivity index (χ0v) is 14.6. The Morgan fingerprint density at radius 3 is 2.78 bits per heavy atom. The fraction of sp³-hybridized carbons (Fsp3) is 0. The summed E-state index contributed by atoms with van der Waals surface area (Å²) >= 11 is 6.02. The number of halogens is 2. The molecule has 0 N–H and O–H groups in total. The second-order valence-electron chi connectivity index (χ2n) is 5.76. The fourth-order valence-corrected chi connectivity index (χ4v) is 2.82. The molecular formula is C20H12ClFN4O. The number of hydrogen-bond acceptors (Lipinski definition) is 4. The average molecular weight is 379 g/mol. The molecule has 0 spiro atoms. The van der Waals surface area contributed by atoms with E-state index in [0.717, 1.165) is 0 Å². The van der Waals surface area contributed by atoms with E-state index in [9.17, 15) is 9.18 Å². The second-order valence-corrected chi connectivity index (χ2v) is 6.19. The van der Waals surface area contributed by atoms with Gasteiger partial charge in [0, 0.05) is 23.0 Å². The molecule has 0 atom stereocenters. The van der Waals surface area contributed by atoms with E-state index in [1.165, 1.54) is 23.0 Å². The Balaban J connectivity index is 1.96. The Labute approximate surface area is 158 Å². The van der Waals surface area contributed by atoms with E-state index in [0.29, 0.717) is 32.9 Å². The molecule has 0 aliphatic rings. The molecule has 2 aromatic heterocycles. The highest BCUT2D eigenvalue weighted by Crippen LogP contribution is 2.20. The molecule has 2 heterocycles. The Kier molecular flexibility index (Phi) is 4.48. The number of aromatic nitrogens is 3. The van der Waals surface area contributed by atoms with Crippen LogP contribution in [0.4, 0.5) is 4.39 Å². The average Bonchev–Trinajstić information content (AvgIpc) is 2.68. The predicted molar refractivity (Wildman–Crippen MR) is 104 cm³/mol. The number of nitrogens with zero attached hydrogens (tertiary/aromatic N) is 4. The molecule has 4 rings (SSSR count). The lowest BCUT2D eigenvalue weighted by molar-refractivity contribution is 0.627. The summed E-state index contributed by atoms with van der Waals surface area (Å²) < 4.78 is 14.6. The van der Waals surface area contributed by atoms with Crippen molar-refractivity contribution >= 4 is 28.7 Å². The van der Waals surface area contributed by atoms with E-state index in [1.54, 1.807) is 54.9 Å². The standard InChI is InChI=1S/C20H12ClFN4O/c21-15-6-7-18-17(10-15)20(27)26(19(25-18)14-4-2-8-23-12-14)24-11-13-3-1-5-16(22)9-13/h1-12H. The van der Waals surface area contributed by atoms with Crippen molar-refractivity contribution in [1.82, 2.24) is 14.6 Å². The third-order valence-corrected chi connectivity index (χ3v) is 4.13. The fourth-order valence-electron chi connectivity index (χ4n) is 2.65. The Hall–Kier alpha value is -3.38. The maximum atomic E-state index is 13.4. The number of benzene rings is 2. The molecule has 7 heteroatoms. The van der Waals surface area contributed by atoms with Crippen molar-refractivity contribution in [2.75, 3.05) is 0 Å². The van der Waals surface area contributed by atoms with Gasteiger partial charge in [0.25, 0.3) is 5.56 Å². The third kappa shape index (κ3) is 3.47. The van der Waals surface area contributed by atoms with Gasteiger partial charge in [-0.3, -0.25) is 9.78 Å². The summed E-state index contributed by atoms with van der Waals surface area (Å²) in [5.41, 5.74) is 1.27. The molecule has 0 fully saturated rings. The first kappa shape index (κ1) is 17.1. The Morgan fingerprint density at radius 1 is 1.11 bits per heavy atom. The highest BCUT2D eigenvalue weighted by atomic mass is 35.5. The molecule has 0 aliphatic heterocycles. The first-order chi connectivity index (χ1) is 13.1. The summed E-state index contributed by atoms with van der Waals surface area (Å²) in [7, 11) is 0. The molecule has 0 saturated carbocycles.